The smallest absolute Gasteiger partial charge is 0.307 e. The van der Waals surface area contributed by atoms with E-state index in [2.05, 4.69) is 10.6 Å². The molecule has 3 aromatic carbocycles. The molecule has 6 rings (SSSR count). The molecule has 51 heavy (non-hydrogen) atoms. The Morgan fingerprint density at radius 3 is 2.25 bits per heavy atom. The maximum atomic E-state index is 14.2. The summed E-state index contributed by atoms with van der Waals surface area (Å²) in [4.78, 5) is 68.6. The molecule has 0 fully saturated rings. The van der Waals surface area contributed by atoms with E-state index in [1.165, 1.54) is 17.4 Å². The lowest BCUT2D eigenvalue weighted by Crippen LogP contribution is -2.54. The number of carboxylic acids is 1. The minimum Gasteiger partial charge on any atom is -0.486 e. The Balaban J connectivity index is 1.50. The number of carboxylic acid groups (broad SMARTS) is 1. The molecule has 4 atom stereocenters. The van der Waals surface area contributed by atoms with Gasteiger partial charge in [0.25, 0.3) is 0 Å². The van der Waals surface area contributed by atoms with E-state index >= 15 is 0 Å². The van der Waals surface area contributed by atoms with Gasteiger partial charge in [0.05, 0.1) is 12.0 Å². The monoisotopic (exact) mass is 748 g/mol. The average molecular weight is 750 g/mol. The third-order valence-electron chi connectivity index (χ3n) is 8.82. The van der Waals surface area contributed by atoms with Crippen molar-refractivity contribution in [1.82, 2.24) is 10.6 Å². The summed E-state index contributed by atoms with van der Waals surface area (Å²) in [5.74, 6) is -4.56. The standard InChI is InChI=1S/C39H38Cl2N2O7S/c40-29-12-11-26(33(41)22-29)20-35-38(47)42-34(15-10-24-5-2-1-3-6-24)36(45)21-28(39(48)49)17-25-8-13-31(14-9-25)50-23-30(44)18-27(37(46)43-35)19-32-7-4-16-51-32/h1-9,11-14,16,22,27-28,34-35H,10,15,17-21,23H2,(H,42,47)(H,43,46)(H,48,49)/t27-,28-,34-,35+/m1/s1. The van der Waals surface area contributed by atoms with E-state index in [0.29, 0.717) is 28.3 Å². The number of fused-ring (bicyclic) bond motifs is 16. The quantitative estimate of drug-likeness (QED) is 0.192. The number of carbonyl (C=O) groups is 5. The number of nitrogens with one attached hydrogen (secondary N) is 2. The molecule has 9 nitrogen and oxygen atoms in total. The lowest BCUT2D eigenvalue weighted by molar-refractivity contribution is -0.144. The summed E-state index contributed by atoms with van der Waals surface area (Å²) in [7, 11) is 0. The minimum absolute atomic E-state index is 0.0400. The zero-order valence-electron chi connectivity index (χ0n) is 27.7. The topological polar surface area (TPSA) is 139 Å². The van der Waals surface area contributed by atoms with E-state index in [-0.39, 0.29) is 55.9 Å². The molecule has 0 radical (unpaired) electrons. The van der Waals surface area contributed by atoms with Crippen molar-refractivity contribution in [3.63, 3.8) is 0 Å². The number of ether oxygens (including phenoxy) is 1. The van der Waals surface area contributed by atoms with Crippen molar-refractivity contribution in [3.8, 4) is 5.75 Å². The van der Waals surface area contributed by atoms with Crippen LogP contribution in [0.15, 0.2) is 90.3 Å². The molecular weight excluding hydrogens is 711 g/mol. The van der Waals surface area contributed by atoms with Gasteiger partial charge in [0, 0.05) is 40.1 Å². The first-order valence-electron chi connectivity index (χ1n) is 16.6. The van der Waals surface area contributed by atoms with E-state index < -0.39 is 47.5 Å². The number of Topliss-reactive ketones (excluding diaryl/α,β-unsaturated/α-hetero) is 2. The third-order valence-corrected chi connectivity index (χ3v) is 10.3. The molecule has 2 aliphatic rings. The second kappa shape index (κ2) is 18.1. The number of carbonyl (C=O) groups excluding carboxylic acids is 4. The number of thiophene rings is 1. The first-order chi connectivity index (χ1) is 24.5. The summed E-state index contributed by atoms with van der Waals surface area (Å²) in [5, 5.41) is 18.4. The number of ketones is 2. The Bertz CT molecular complexity index is 1830. The second-order valence-corrected chi connectivity index (χ2v) is 14.5. The molecule has 266 valence electrons. The van der Waals surface area contributed by atoms with Crippen molar-refractivity contribution in [3.05, 3.63) is 122 Å². The Kier molecular flexibility index (Phi) is 13.4. The Labute approximate surface area is 310 Å². The number of hydrogen-bond donors (Lipinski definition) is 3. The van der Waals surface area contributed by atoms with Gasteiger partial charge in [-0.15, -0.1) is 11.3 Å². The molecule has 0 spiro atoms. The van der Waals surface area contributed by atoms with Gasteiger partial charge in [-0.3, -0.25) is 24.0 Å². The van der Waals surface area contributed by atoms with Crippen LogP contribution in [0.2, 0.25) is 10.0 Å². The molecule has 2 amide bonds. The molecular formula is C39H38Cl2N2O7S. The highest BCUT2D eigenvalue weighted by atomic mass is 35.5. The van der Waals surface area contributed by atoms with Gasteiger partial charge in [-0.25, -0.2) is 0 Å². The third kappa shape index (κ3) is 11.2. The molecule has 3 N–H and O–H groups in total. The predicted octanol–water partition coefficient (Wildman–Crippen LogP) is 6.31. The van der Waals surface area contributed by atoms with Crippen molar-refractivity contribution in [2.24, 2.45) is 11.8 Å². The molecule has 0 unspecified atom stereocenters. The largest absolute Gasteiger partial charge is 0.486 e. The number of hydrogen-bond acceptors (Lipinski definition) is 7. The summed E-state index contributed by atoms with van der Waals surface area (Å²) in [6, 6.07) is 22.4. The van der Waals surface area contributed by atoms with Crippen molar-refractivity contribution in [2.45, 2.75) is 57.0 Å². The molecule has 0 aliphatic carbocycles. The van der Waals surface area contributed by atoms with Gasteiger partial charge in [-0.1, -0.05) is 77.8 Å². The number of aliphatic carboxylic acids is 1. The van der Waals surface area contributed by atoms with Crippen LogP contribution in [-0.4, -0.2) is 53.1 Å². The lowest BCUT2D eigenvalue weighted by atomic mass is 9.90. The molecule has 2 bridgehead atoms. The summed E-state index contributed by atoms with van der Waals surface area (Å²) >= 11 is 14.1. The molecule has 4 aromatic rings. The lowest BCUT2D eigenvalue weighted by Gasteiger charge is -2.26. The van der Waals surface area contributed by atoms with Crippen LogP contribution < -0.4 is 15.4 Å². The van der Waals surface area contributed by atoms with Gasteiger partial charge < -0.3 is 20.5 Å². The summed E-state index contributed by atoms with van der Waals surface area (Å²) in [6.45, 7) is -0.285. The van der Waals surface area contributed by atoms with Gasteiger partial charge in [-0.05, 0) is 78.1 Å². The summed E-state index contributed by atoms with van der Waals surface area (Å²) in [5.41, 5.74) is 2.13. The van der Waals surface area contributed by atoms with Crippen molar-refractivity contribution in [2.75, 3.05) is 6.61 Å². The fraction of sp³-hybridized carbons (Fsp3) is 0.308. The second-order valence-electron chi connectivity index (χ2n) is 12.7. The molecule has 0 saturated carbocycles. The van der Waals surface area contributed by atoms with Crippen LogP contribution in [-0.2, 0) is 49.7 Å². The first kappa shape index (κ1) is 37.7. The van der Waals surface area contributed by atoms with Crippen molar-refractivity contribution < 1.29 is 33.8 Å². The van der Waals surface area contributed by atoms with E-state index in [9.17, 15) is 29.1 Å². The maximum absolute atomic E-state index is 14.2. The van der Waals surface area contributed by atoms with Crippen LogP contribution in [0.25, 0.3) is 0 Å². The van der Waals surface area contributed by atoms with Crippen LogP contribution in [0.1, 0.15) is 40.8 Å². The first-order valence-corrected chi connectivity index (χ1v) is 18.3. The van der Waals surface area contributed by atoms with Crippen molar-refractivity contribution in [1.29, 1.82) is 0 Å². The highest BCUT2D eigenvalue weighted by molar-refractivity contribution is 7.09. The SMILES string of the molecule is O=C1COc2ccc(cc2)C[C@@H](C(=O)O)CC(=O)[C@@H](CCc2ccccc2)NC(=O)[C@H](Cc2ccc(Cl)cc2Cl)NC(=O)[C@@H](Cc2cccs2)C1. The highest BCUT2D eigenvalue weighted by Crippen LogP contribution is 2.25. The van der Waals surface area contributed by atoms with E-state index in [0.717, 1.165) is 10.4 Å². The Hall–Kier alpha value is -4.51. The predicted molar refractivity (Wildman–Crippen MR) is 196 cm³/mol. The molecule has 2 aliphatic heterocycles. The Morgan fingerprint density at radius 1 is 0.824 bits per heavy atom. The van der Waals surface area contributed by atoms with Crippen molar-refractivity contribution >= 4 is 63.9 Å². The van der Waals surface area contributed by atoms with Crippen LogP contribution in [0.4, 0.5) is 0 Å². The van der Waals surface area contributed by atoms with Gasteiger partial charge >= 0.3 is 5.97 Å². The molecule has 3 heterocycles. The normalized spacial score (nSPS) is 20.7. The number of aryl methyl sites for hydroxylation is 1. The Morgan fingerprint density at radius 2 is 1.57 bits per heavy atom. The fourth-order valence-corrected chi connectivity index (χ4v) is 7.28. The van der Waals surface area contributed by atoms with Crippen LogP contribution >= 0.6 is 34.5 Å². The number of amides is 2. The molecule has 12 heteroatoms. The summed E-state index contributed by atoms with van der Waals surface area (Å²) < 4.78 is 5.73. The van der Waals surface area contributed by atoms with Gasteiger partial charge in [0.2, 0.25) is 11.8 Å². The van der Waals surface area contributed by atoms with Gasteiger partial charge in [0.15, 0.2) is 11.6 Å². The molecule has 0 saturated heterocycles. The minimum atomic E-state index is -1.20. The van der Waals surface area contributed by atoms with E-state index in [1.807, 2.05) is 47.8 Å². The fourth-order valence-electron chi connectivity index (χ4n) is 6.01. The zero-order valence-corrected chi connectivity index (χ0v) is 30.0. The van der Waals surface area contributed by atoms with Gasteiger partial charge in [-0.2, -0.15) is 0 Å². The number of rotatable bonds is 8. The average Bonchev–Trinajstić information content (AvgIpc) is 3.63. The van der Waals surface area contributed by atoms with Crippen LogP contribution in [0.3, 0.4) is 0 Å². The number of halogens is 2. The van der Waals surface area contributed by atoms with Crippen LogP contribution in [0.5, 0.6) is 5.75 Å². The highest BCUT2D eigenvalue weighted by Gasteiger charge is 2.33. The van der Waals surface area contributed by atoms with E-state index in [1.54, 1.807) is 36.4 Å². The summed E-state index contributed by atoms with van der Waals surface area (Å²) in [6.07, 6.45) is 0.446. The zero-order chi connectivity index (χ0) is 36.3. The maximum Gasteiger partial charge on any atom is 0.307 e. The number of benzene rings is 3. The van der Waals surface area contributed by atoms with Crippen LogP contribution in [0, 0.1) is 11.8 Å². The van der Waals surface area contributed by atoms with Gasteiger partial charge in [0.1, 0.15) is 18.4 Å². The molecule has 1 aromatic heterocycles. The van der Waals surface area contributed by atoms with E-state index in [4.69, 9.17) is 27.9 Å².